The SMILES string of the molecule is Fc1ccc(Br)cc1/C=N\N1CCN(Cc2ccc(Cl)cc2)CC1. The second-order valence-corrected chi connectivity index (χ2v) is 7.12. The third kappa shape index (κ3) is 4.79. The zero-order valence-corrected chi connectivity index (χ0v) is 15.5. The Morgan fingerprint density at radius 3 is 2.50 bits per heavy atom. The van der Waals surface area contributed by atoms with Gasteiger partial charge in [-0.25, -0.2) is 4.39 Å². The fourth-order valence-corrected chi connectivity index (χ4v) is 3.12. The Morgan fingerprint density at radius 1 is 1.08 bits per heavy atom. The number of nitrogens with zero attached hydrogens (tertiary/aromatic N) is 3. The average Bonchev–Trinajstić information content (AvgIpc) is 2.59. The first kappa shape index (κ1) is 17.4. The van der Waals surface area contributed by atoms with Crippen LogP contribution in [0, 0.1) is 5.82 Å². The molecule has 6 heteroatoms. The molecule has 1 fully saturated rings. The number of hydrogen-bond acceptors (Lipinski definition) is 3. The van der Waals surface area contributed by atoms with Crippen LogP contribution in [0.3, 0.4) is 0 Å². The first-order valence-corrected chi connectivity index (χ1v) is 8.98. The van der Waals surface area contributed by atoms with Gasteiger partial charge >= 0.3 is 0 Å². The highest BCUT2D eigenvalue weighted by molar-refractivity contribution is 9.10. The van der Waals surface area contributed by atoms with Crippen molar-refractivity contribution in [2.24, 2.45) is 5.10 Å². The van der Waals surface area contributed by atoms with Crippen LogP contribution in [0.1, 0.15) is 11.1 Å². The van der Waals surface area contributed by atoms with E-state index in [-0.39, 0.29) is 5.82 Å². The van der Waals surface area contributed by atoms with Crippen molar-refractivity contribution in [3.8, 4) is 0 Å². The first-order valence-electron chi connectivity index (χ1n) is 7.81. The maximum atomic E-state index is 13.7. The molecular formula is C18H18BrClFN3. The van der Waals surface area contributed by atoms with Crippen LogP contribution in [0.2, 0.25) is 5.02 Å². The number of benzene rings is 2. The molecule has 0 aliphatic carbocycles. The third-order valence-corrected chi connectivity index (χ3v) is 4.73. The molecule has 2 aromatic carbocycles. The lowest BCUT2D eigenvalue weighted by molar-refractivity contribution is 0.131. The van der Waals surface area contributed by atoms with Crippen molar-refractivity contribution in [3.05, 3.63) is 68.9 Å². The van der Waals surface area contributed by atoms with Crippen LogP contribution < -0.4 is 0 Å². The number of piperazine rings is 1. The molecule has 1 aliphatic rings. The van der Waals surface area contributed by atoms with Crippen molar-refractivity contribution in [1.29, 1.82) is 0 Å². The van der Waals surface area contributed by atoms with Gasteiger partial charge in [-0.05, 0) is 35.9 Å². The second kappa shape index (κ2) is 8.10. The molecule has 0 radical (unpaired) electrons. The minimum Gasteiger partial charge on any atom is -0.295 e. The van der Waals surface area contributed by atoms with Crippen LogP contribution in [-0.2, 0) is 6.54 Å². The zero-order chi connectivity index (χ0) is 16.9. The van der Waals surface area contributed by atoms with E-state index < -0.39 is 0 Å². The van der Waals surface area contributed by atoms with Gasteiger partial charge in [0, 0.05) is 47.8 Å². The molecule has 0 atom stereocenters. The molecule has 126 valence electrons. The monoisotopic (exact) mass is 409 g/mol. The van der Waals surface area contributed by atoms with E-state index in [1.165, 1.54) is 11.6 Å². The van der Waals surface area contributed by atoms with E-state index in [4.69, 9.17) is 11.6 Å². The molecule has 3 rings (SSSR count). The molecule has 3 nitrogen and oxygen atoms in total. The molecule has 1 saturated heterocycles. The highest BCUT2D eigenvalue weighted by atomic mass is 79.9. The van der Waals surface area contributed by atoms with Crippen LogP contribution in [0.25, 0.3) is 0 Å². The lowest BCUT2D eigenvalue weighted by Gasteiger charge is -2.33. The lowest BCUT2D eigenvalue weighted by atomic mass is 10.2. The fraction of sp³-hybridized carbons (Fsp3) is 0.278. The van der Waals surface area contributed by atoms with E-state index >= 15 is 0 Å². The second-order valence-electron chi connectivity index (χ2n) is 5.77. The number of hydrazone groups is 1. The largest absolute Gasteiger partial charge is 0.295 e. The van der Waals surface area contributed by atoms with Crippen LogP contribution in [0.15, 0.2) is 52.0 Å². The van der Waals surface area contributed by atoms with E-state index in [9.17, 15) is 4.39 Å². The van der Waals surface area contributed by atoms with E-state index in [0.29, 0.717) is 5.56 Å². The molecule has 1 aliphatic heterocycles. The maximum absolute atomic E-state index is 13.7. The van der Waals surface area contributed by atoms with Gasteiger partial charge in [-0.2, -0.15) is 5.10 Å². The summed E-state index contributed by atoms with van der Waals surface area (Å²) in [6.07, 6.45) is 1.59. The first-order chi connectivity index (χ1) is 11.6. The molecule has 24 heavy (non-hydrogen) atoms. The Kier molecular flexibility index (Phi) is 5.87. The quantitative estimate of drug-likeness (QED) is 0.696. The van der Waals surface area contributed by atoms with E-state index in [2.05, 4.69) is 38.1 Å². The smallest absolute Gasteiger partial charge is 0.132 e. The molecule has 0 bridgehead atoms. The summed E-state index contributed by atoms with van der Waals surface area (Å²) in [6, 6.07) is 12.8. The van der Waals surface area contributed by atoms with Crippen LogP contribution in [0.4, 0.5) is 4.39 Å². The Labute approximate surface area is 154 Å². The summed E-state index contributed by atoms with van der Waals surface area (Å²) in [5.74, 6) is -0.261. The molecule has 0 saturated carbocycles. The Balaban J connectivity index is 1.52. The van der Waals surface area contributed by atoms with Crippen molar-refractivity contribution < 1.29 is 4.39 Å². The predicted octanol–water partition coefficient (Wildman–Crippen LogP) is 4.39. The molecular weight excluding hydrogens is 393 g/mol. The lowest BCUT2D eigenvalue weighted by Crippen LogP contribution is -2.43. The van der Waals surface area contributed by atoms with Crippen molar-refractivity contribution >= 4 is 33.7 Å². The summed E-state index contributed by atoms with van der Waals surface area (Å²) >= 11 is 9.26. The number of rotatable bonds is 4. The van der Waals surface area contributed by atoms with Crippen LogP contribution >= 0.6 is 27.5 Å². The molecule has 0 unspecified atom stereocenters. The normalized spacial score (nSPS) is 16.0. The van der Waals surface area contributed by atoms with Gasteiger partial charge in [-0.1, -0.05) is 39.7 Å². The number of hydrogen-bond donors (Lipinski definition) is 0. The van der Waals surface area contributed by atoms with Crippen molar-refractivity contribution in [3.63, 3.8) is 0 Å². The van der Waals surface area contributed by atoms with Gasteiger partial charge in [0.05, 0.1) is 6.21 Å². The molecule has 2 aromatic rings. The Bertz CT molecular complexity index is 713. The van der Waals surface area contributed by atoms with E-state index in [0.717, 1.165) is 42.2 Å². The Morgan fingerprint density at radius 2 is 1.79 bits per heavy atom. The Hall–Kier alpha value is -1.43. The summed E-state index contributed by atoms with van der Waals surface area (Å²) in [5, 5.41) is 7.16. The van der Waals surface area contributed by atoms with Gasteiger partial charge in [0.2, 0.25) is 0 Å². The van der Waals surface area contributed by atoms with Gasteiger partial charge in [0.1, 0.15) is 5.82 Å². The molecule has 0 aromatic heterocycles. The average molecular weight is 411 g/mol. The topological polar surface area (TPSA) is 18.8 Å². The van der Waals surface area contributed by atoms with Crippen molar-refractivity contribution in [2.45, 2.75) is 6.54 Å². The van der Waals surface area contributed by atoms with E-state index in [1.54, 1.807) is 18.3 Å². The zero-order valence-electron chi connectivity index (χ0n) is 13.1. The van der Waals surface area contributed by atoms with E-state index in [1.807, 2.05) is 17.1 Å². The van der Waals surface area contributed by atoms with Crippen molar-refractivity contribution in [1.82, 2.24) is 9.91 Å². The molecule has 0 amide bonds. The summed E-state index contributed by atoms with van der Waals surface area (Å²) in [7, 11) is 0. The predicted molar refractivity (Wildman–Crippen MR) is 100.0 cm³/mol. The summed E-state index contributed by atoms with van der Waals surface area (Å²) in [6.45, 7) is 4.44. The summed E-state index contributed by atoms with van der Waals surface area (Å²) in [4.78, 5) is 2.38. The minimum atomic E-state index is -0.261. The highest BCUT2D eigenvalue weighted by Crippen LogP contribution is 2.15. The van der Waals surface area contributed by atoms with Gasteiger partial charge in [0.15, 0.2) is 0 Å². The number of halogens is 3. The summed E-state index contributed by atoms with van der Waals surface area (Å²) in [5.41, 5.74) is 1.75. The standard InChI is InChI=1S/C18H18BrClFN3/c19-16-3-6-18(21)15(11-16)12-22-24-9-7-23(8-10-24)13-14-1-4-17(20)5-2-14/h1-6,11-12H,7-10,13H2/b22-12-. The van der Waals surface area contributed by atoms with Gasteiger partial charge in [-0.3, -0.25) is 9.91 Å². The molecule has 1 heterocycles. The van der Waals surface area contributed by atoms with Gasteiger partial charge < -0.3 is 0 Å². The maximum Gasteiger partial charge on any atom is 0.132 e. The minimum absolute atomic E-state index is 0.261. The third-order valence-electron chi connectivity index (χ3n) is 3.99. The molecule has 0 N–H and O–H groups in total. The molecule has 0 spiro atoms. The van der Waals surface area contributed by atoms with Crippen LogP contribution in [-0.4, -0.2) is 42.3 Å². The fourth-order valence-electron chi connectivity index (χ4n) is 2.62. The van der Waals surface area contributed by atoms with Crippen LogP contribution in [0.5, 0.6) is 0 Å². The van der Waals surface area contributed by atoms with Gasteiger partial charge in [-0.15, -0.1) is 0 Å². The van der Waals surface area contributed by atoms with Gasteiger partial charge in [0.25, 0.3) is 0 Å². The van der Waals surface area contributed by atoms with Crippen molar-refractivity contribution in [2.75, 3.05) is 26.2 Å². The highest BCUT2D eigenvalue weighted by Gasteiger charge is 2.15. The summed E-state index contributed by atoms with van der Waals surface area (Å²) < 4.78 is 14.6.